The second-order valence-electron chi connectivity index (χ2n) is 5.57. The Labute approximate surface area is 150 Å². The molecule has 0 fully saturated rings. The minimum Gasteiger partial charge on any atom is -0.337 e. The highest BCUT2D eigenvalue weighted by molar-refractivity contribution is 7.89. The third-order valence-electron chi connectivity index (χ3n) is 3.65. The zero-order valence-corrected chi connectivity index (χ0v) is 15.2. The number of halogens is 1. The van der Waals surface area contributed by atoms with Crippen molar-refractivity contribution >= 4 is 21.6 Å². The van der Waals surface area contributed by atoms with Crippen molar-refractivity contribution in [3.05, 3.63) is 65.0 Å². The summed E-state index contributed by atoms with van der Waals surface area (Å²) in [5.74, 6) is 0.612. The number of benzene rings is 2. The van der Waals surface area contributed by atoms with Crippen LogP contribution in [0.25, 0.3) is 11.4 Å². The maximum Gasteiger partial charge on any atom is 0.244 e. The molecule has 0 bridgehead atoms. The van der Waals surface area contributed by atoms with E-state index < -0.39 is 16.1 Å². The Kier molecular flexibility index (Phi) is 4.89. The summed E-state index contributed by atoms with van der Waals surface area (Å²) in [5.41, 5.74) is 1.84. The predicted molar refractivity (Wildman–Crippen MR) is 94.7 cm³/mol. The van der Waals surface area contributed by atoms with Crippen LogP contribution in [0.1, 0.15) is 24.4 Å². The van der Waals surface area contributed by atoms with Crippen molar-refractivity contribution in [3.63, 3.8) is 0 Å². The molecule has 0 spiro atoms. The van der Waals surface area contributed by atoms with E-state index in [0.717, 1.165) is 11.1 Å². The molecule has 0 saturated heterocycles. The molecule has 25 heavy (non-hydrogen) atoms. The van der Waals surface area contributed by atoms with E-state index in [4.69, 9.17) is 16.1 Å². The van der Waals surface area contributed by atoms with Gasteiger partial charge in [-0.1, -0.05) is 41.0 Å². The minimum atomic E-state index is -3.72. The van der Waals surface area contributed by atoms with Gasteiger partial charge in [0.2, 0.25) is 21.7 Å². The van der Waals surface area contributed by atoms with E-state index in [2.05, 4.69) is 14.9 Å². The van der Waals surface area contributed by atoms with Gasteiger partial charge >= 0.3 is 0 Å². The van der Waals surface area contributed by atoms with Crippen LogP contribution in [0.2, 0.25) is 5.02 Å². The summed E-state index contributed by atoms with van der Waals surface area (Å²) in [7, 11) is -3.72. The van der Waals surface area contributed by atoms with Crippen LogP contribution in [-0.2, 0) is 10.0 Å². The molecule has 1 atom stereocenters. The molecular formula is C17H16ClN3O3S. The van der Waals surface area contributed by atoms with Gasteiger partial charge in [-0.2, -0.15) is 9.71 Å². The molecule has 3 aromatic rings. The SMILES string of the molecule is Cc1ccccc1-c1noc(C(C)NS(=O)(=O)c2ccc(Cl)cc2)n1. The van der Waals surface area contributed by atoms with Crippen molar-refractivity contribution in [1.82, 2.24) is 14.9 Å². The number of aryl methyl sites for hydroxylation is 1. The number of hydrogen-bond donors (Lipinski definition) is 1. The fraction of sp³-hybridized carbons (Fsp3) is 0.176. The van der Waals surface area contributed by atoms with E-state index in [1.54, 1.807) is 6.92 Å². The molecule has 0 aliphatic rings. The maximum atomic E-state index is 12.4. The van der Waals surface area contributed by atoms with E-state index in [1.165, 1.54) is 24.3 Å². The molecule has 1 N–H and O–H groups in total. The molecule has 0 aliphatic heterocycles. The molecule has 1 heterocycles. The van der Waals surface area contributed by atoms with Crippen LogP contribution in [0, 0.1) is 6.92 Å². The number of hydrogen-bond acceptors (Lipinski definition) is 5. The summed E-state index contributed by atoms with van der Waals surface area (Å²) >= 11 is 5.79. The largest absolute Gasteiger partial charge is 0.337 e. The fourth-order valence-corrected chi connectivity index (χ4v) is 3.63. The molecule has 0 aliphatic carbocycles. The topological polar surface area (TPSA) is 85.1 Å². The summed E-state index contributed by atoms with van der Waals surface area (Å²) in [6.07, 6.45) is 0. The lowest BCUT2D eigenvalue weighted by atomic mass is 10.1. The molecule has 3 rings (SSSR count). The molecule has 6 nitrogen and oxygen atoms in total. The second-order valence-corrected chi connectivity index (χ2v) is 7.72. The van der Waals surface area contributed by atoms with Gasteiger partial charge in [-0.25, -0.2) is 8.42 Å². The van der Waals surface area contributed by atoms with Gasteiger partial charge in [0.05, 0.1) is 10.9 Å². The molecule has 0 radical (unpaired) electrons. The van der Waals surface area contributed by atoms with Crippen molar-refractivity contribution in [2.45, 2.75) is 24.8 Å². The van der Waals surface area contributed by atoms with E-state index >= 15 is 0 Å². The maximum absolute atomic E-state index is 12.4. The molecule has 2 aromatic carbocycles. The van der Waals surface area contributed by atoms with Crippen LogP contribution in [0.15, 0.2) is 57.9 Å². The number of nitrogens with one attached hydrogen (secondary N) is 1. The lowest BCUT2D eigenvalue weighted by Gasteiger charge is -2.10. The zero-order valence-electron chi connectivity index (χ0n) is 13.6. The van der Waals surface area contributed by atoms with E-state index in [9.17, 15) is 8.42 Å². The van der Waals surface area contributed by atoms with E-state index in [0.29, 0.717) is 10.8 Å². The first-order chi connectivity index (χ1) is 11.9. The van der Waals surface area contributed by atoms with Gasteiger partial charge in [0, 0.05) is 10.6 Å². The zero-order chi connectivity index (χ0) is 18.0. The number of aromatic nitrogens is 2. The average Bonchev–Trinajstić information content (AvgIpc) is 3.05. The monoisotopic (exact) mass is 377 g/mol. The van der Waals surface area contributed by atoms with Crippen LogP contribution in [-0.4, -0.2) is 18.6 Å². The quantitative estimate of drug-likeness (QED) is 0.732. The highest BCUT2D eigenvalue weighted by Gasteiger charge is 2.23. The Hall–Kier alpha value is -2.22. The van der Waals surface area contributed by atoms with Crippen molar-refractivity contribution < 1.29 is 12.9 Å². The smallest absolute Gasteiger partial charge is 0.244 e. The molecular weight excluding hydrogens is 362 g/mol. The highest BCUT2D eigenvalue weighted by atomic mass is 35.5. The van der Waals surface area contributed by atoms with Crippen LogP contribution >= 0.6 is 11.6 Å². The third kappa shape index (κ3) is 3.89. The Morgan fingerprint density at radius 2 is 1.80 bits per heavy atom. The molecule has 1 aromatic heterocycles. The van der Waals surface area contributed by atoms with Gasteiger partial charge in [0.25, 0.3) is 0 Å². The van der Waals surface area contributed by atoms with Crippen LogP contribution in [0.4, 0.5) is 0 Å². The van der Waals surface area contributed by atoms with Gasteiger partial charge < -0.3 is 4.52 Å². The summed E-state index contributed by atoms with van der Waals surface area (Å²) < 4.78 is 32.6. The number of rotatable bonds is 5. The first kappa shape index (κ1) is 17.6. The van der Waals surface area contributed by atoms with E-state index in [1.807, 2.05) is 31.2 Å². The minimum absolute atomic E-state index is 0.113. The van der Waals surface area contributed by atoms with E-state index in [-0.39, 0.29) is 10.8 Å². The van der Waals surface area contributed by atoms with Crippen molar-refractivity contribution in [3.8, 4) is 11.4 Å². The number of nitrogens with zero attached hydrogens (tertiary/aromatic N) is 2. The molecule has 0 saturated carbocycles. The average molecular weight is 378 g/mol. The van der Waals surface area contributed by atoms with Gasteiger partial charge in [-0.05, 0) is 43.7 Å². The molecule has 8 heteroatoms. The summed E-state index contributed by atoms with van der Waals surface area (Å²) in [6.45, 7) is 3.58. The van der Waals surface area contributed by atoms with Crippen molar-refractivity contribution in [2.24, 2.45) is 0 Å². The van der Waals surface area contributed by atoms with Crippen molar-refractivity contribution in [1.29, 1.82) is 0 Å². The van der Waals surface area contributed by atoms with Crippen LogP contribution < -0.4 is 4.72 Å². The third-order valence-corrected chi connectivity index (χ3v) is 5.46. The predicted octanol–water partition coefficient (Wildman–Crippen LogP) is 3.74. The second kappa shape index (κ2) is 6.95. The first-order valence-corrected chi connectivity index (χ1v) is 9.40. The van der Waals surface area contributed by atoms with Gasteiger partial charge in [0.15, 0.2) is 0 Å². The number of sulfonamides is 1. The Bertz CT molecular complexity index is 984. The standard InChI is InChI=1S/C17H16ClN3O3S/c1-11-5-3-4-6-15(11)16-19-17(24-20-16)12(2)21-25(22,23)14-9-7-13(18)8-10-14/h3-10,12,21H,1-2H3. The van der Waals surface area contributed by atoms with Gasteiger partial charge in [0.1, 0.15) is 0 Å². The summed E-state index contributed by atoms with van der Waals surface area (Å²) in [6, 6.07) is 12.9. The van der Waals surface area contributed by atoms with Gasteiger partial charge in [-0.3, -0.25) is 0 Å². The highest BCUT2D eigenvalue weighted by Crippen LogP contribution is 2.23. The summed E-state index contributed by atoms with van der Waals surface area (Å²) in [4.78, 5) is 4.42. The Morgan fingerprint density at radius 1 is 1.12 bits per heavy atom. The lowest BCUT2D eigenvalue weighted by Crippen LogP contribution is -2.27. The Morgan fingerprint density at radius 3 is 2.48 bits per heavy atom. The lowest BCUT2D eigenvalue weighted by molar-refractivity contribution is 0.354. The van der Waals surface area contributed by atoms with Gasteiger partial charge in [-0.15, -0.1) is 0 Å². The normalized spacial score (nSPS) is 12.9. The first-order valence-electron chi connectivity index (χ1n) is 7.54. The fourth-order valence-electron chi connectivity index (χ4n) is 2.31. The summed E-state index contributed by atoms with van der Waals surface area (Å²) in [5, 5.41) is 4.41. The Balaban J connectivity index is 1.81. The molecule has 0 amide bonds. The van der Waals surface area contributed by atoms with Crippen LogP contribution in [0.5, 0.6) is 0 Å². The molecule has 130 valence electrons. The molecule has 1 unspecified atom stereocenters. The van der Waals surface area contributed by atoms with Crippen LogP contribution in [0.3, 0.4) is 0 Å². The van der Waals surface area contributed by atoms with Crippen molar-refractivity contribution in [2.75, 3.05) is 0 Å².